The fourth-order valence-electron chi connectivity index (χ4n) is 2.52. The van der Waals surface area contributed by atoms with Crippen molar-refractivity contribution >= 4 is 10.9 Å². The number of hydrogen-bond acceptors (Lipinski definition) is 1. The van der Waals surface area contributed by atoms with Gasteiger partial charge in [0.2, 0.25) is 0 Å². The molecule has 93 valence electrons. The Kier molecular flexibility index (Phi) is 3.24. The maximum Gasteiger partial charge on any atom is 0.123 e. The number of nitrogens with zero attached hydrogens (tertiary/aromatic N) is 2. The van der Waals surface area contributed by atoms with Crippen molar-refractivity contribution in [3.8, 4) is 0 Å². The van der Waals surface area contributed by atoms with Crippen LogP contribution in [0.3, 0.4) is 0 Å². The largest absolute Gasteiger partial charge is 0.253 e. The van der Waals surface area contributed by atoms with Crippen LogP contribution < -0.4 is 5.32 Å². The van der Waals surface area contributed by atoms with Crippen molar-refractivity contribution in [1.82, 2.24) is 10.3 Å². The van der Waals surface area contributed by atoms with Crippen molar-refractivity contribution in [3.05, 3.63) is 41.8 Å². The Morgan fingerprint density at radius 3 is 2.94 bits per heavy atom. The van der Waals surface area contributed by atoms with Gasteiger partial charge in [-0.25, -0.2) is 9.71 Å². The highest BCUT2D eigenvalue weighted by Gasteiger charge is 2.15. The number of benzene rings is 1. The van der Waals surface area contributed by atoms with Gasteiger partial charge >= 0.3 is 0 Å². The zero-order valence-electron chi connectivity index (χ0n) is 10.3. The summed E-state index contributed by atoms with van der Waals surface area (Å²) in [7, 11) is 0. The maximum atomic E-state index is 13.1. The topological polar surface area (TPSA) is 27.0 Å². The van der Waals surface area contributed by atoms with E-state index in [0.29, 0.717) is 6.04 Å². The molecule has 0 spiro atoms. The summed E-state index contributed by atoms with van der Waals surface area (Å²) in [6.45, 7) is 0.990. The lowest BCUT2D eigenvalue weighted by Crippen LogP contribution is -2.29. The second-order valence-electron chi connectivity index (χ2n) is 4.90. The molecule has 1 aromatic heterocycles. The normalized spacial score (nSPS) is 20.2. The van der Waals surface area contributed by atoms with Gasteiger partial charge < -0.3 is 0 Å². The molecule has 1 aromatic carbocycles. The van der Waals surface area contributed by atoms with Gasteiger partial charge in [0.1, 0.15) is 5.82 Å². The molecule has 0 bridgehead atoms. The minimum Gasteiger partial charge on any atom is -0.253 e. The Labute approximate surface area is 106 Å². The lowest BCUT2D eigenvalue weighted by atomic mass is 10.00. The molecule has 1 fully saturated rings. The number of piperidine rings is 1. The average molecular weight is 243 g/mol. The molecule has 1 saturated heterocycles. The summed E-state index contributed by atoms with van der Waals surface area (Å²) in [5, 5.41) is 5.48. The zero-order chi connectivity index (χ0) is 12.4. The molecule has 0 N–H and O–H groups in total. The van der Waals surface area contributed by atoms with Crippen molar-refractivity contribution < 1.29 is 4.39 Å². The third kappa shape index (κ3) is 2.51. The van der Waals surface area contributed by atoms with E-state index < -0.39 is 0 Å². The molecule has 2 nitrogen and oxygen atoms in total. The number of hydrogen-bond donors (Lipinski definition) is 0. The molecule has 1 aliphatic rings. The monoisotopic (exact) mass is 243 g/mol. The van der Waals surface area contributed by atoms with E-state index in [0.717, 1.165) is 29.6 Å². The van der Waals surface area contributed by atoms with Crippen LogP contribution in [0.25, 0.3) is 10.9 Å². The first-order valence-corrected chi connectivity index (χ1v) is 6.53. The molecule has 2 aromatic rings. The van der Waals surface area contributed by atoms with E-state index in [1.54, 1.807) is 6.07 Å². The van der Waals surface area contributed by atoms with Crippen molar-refractivity contribution in [2.24, 2.45) is 0 Å². The first-order valence-electron chi connectivity index (χ1n) is 6.53. The quantitative estimate of drug-likeness (QED) is 0.796. The lowest BCUT2D eigenvalue weighted by Gasteiger charge is -2.21. The summed E-state index contributed by atoms with van der Waals surface area (Å²) in [6.07, 6.45) is 4.57. The molecule has 1 aliphatic heterocycles. The Morgan fingerprint density at radius 1 is 1.17 bits per heavy atom. The van der Waals surface area contributed by atoms with Crippen LogP contribution in [0.5, 0.6) is 0 Å². The molecule has 1 radical (unpaired) electrons. The van der Waals surface area contributed by atoms with E-state index in [2.05, 4.69) is 10.3 Å². The van der Waals surface area contributed by atoms with Gasteiger partial charge in [0, 0.05) is 30.1 Å². The van der Waals surface area contributed by atoms with Crippen molar-refractivity contribution in [1.29, 1.82) is 0 Å². The van der Waals surface area contributed by atoms with Gasteiger partial charge in [-0.2, -0.15) is 0 Å². The molecular weight excluding hydrogens is 227 g/mol. The lowest BCUT2D eigenvalue weighted by molar-refractivity contribution is 0.389. The predicted molar refractivity (Wildman–Crippen MR) is 70.0 cm³/mol. The number of halogens is 1. The highest BCUT2D eigenvalue weighted by Crippen LogP contribution is 2.17. The van der Waals surface area contributed by atoms with Gasteiger partial charge in [0.15, 0.2) is 0 Å². The van der Waals surface area contributed by atoms with Crippen LogP contribution in [-0.2, 0) is 6.42 Å². The molecule has 18 heavy (non-hydrogen) atoms. The third-order valence-electron chi connectivity index (χ3n) is 3.49. The van der Waals surface area contributed by atoms with Crippen LogP contribution in [0.4, 0.5) is 4.39 Å². The van der Waals surface area contributed by atoms with Crippen LogP contribution >= 0.6 is 0 Å². The summed E-state index contributed by atoms with van der Waals surface area (Å²) in [5.74, 6) is -0.209. The standard InChI is InChI=1S/C15H16FN2/c16-12-5-7-15-11(9-12)4-6-14(18-15)10-13-3-1-2-8-17-13/h4-7,9,13H,1-3,8,10H2. The fraction of sp³-hybridized carbons (Fsp3) is 0.400. The van der Waals surface area contributed by atoms with E-state index in [4.69, 9.17) is 0 Å². The van der Waals surface area contributed by atoms with Crippen molar-refractivity contribution in [2.75, 3.05) is 6.54 Å². The van der Waals surface area contributed by atoms with E-state index in [9.17, 15) is 4.39 Å². The third-order valence-corrected chi connectivity index (χ3v) is 3.49. The summed E-state index contributed by atoms with van der Waals surface area (Å²) in [5.41, 5.74) is 1.93. The van der Waals surface area contributed by atoms with Crippen LogP contribution in [-0.4, -0.2) is 17.6 Å². The Morgan fingerprint density at radius 2 is 2.11 bits per heavy atom. The molecule has 0 saturated carbocycles. The number of pyridine rings is 1. The highest BCUT2D eigenvalue weighted by molar-refractivity contribution is 5.78. The molecule has 3 heteroatoms. The number of rotatable bonds is 2. The molecule has 1 atom stereocenters. The van der Waals surface area contributed by atoms with E-state index in [1.807, 2.05) is 12.1 Å². The molecule has 3 rings (SSSR count). The van der Waals surface area contributed by atoms with E-state index in [1.165, 1.54) is 31.4 Å². The fourth-order valence-corrected chi connectivity index (χ4v) is 2.52. The Hall–Kier alpha value is -1.48. The van der Waals surface area contributed by atoms with Gasteiger partial charge in [0.05, 0.1) is 5.52 Å². The molecular formula is C15H16FN2. The van der Waals surface area contributed by atoms with Gasteiger partial charge in [-0.3, -0.25) is 4.98 Å². The van der Waals surface area contributed by atoms with Gasteiger partial charge in [-0.1, -0.05) is 12.5 Å². The first-order chi connectivity index (χ1) is 8.81. The Bertz CT molecular complexity index is 547. The summed E-state index contributed by atoms with van der Waals surface area (Å²) in [4.78, 5) is 4.58. The van der Waals surface area contributed by atoms with Gasteiger partial charge in [0.25, 0.3) is 0 Å². The van der Waals surface area contributed by atoms with Crippen LogP contribution in [0.1, 0.15) is 25.0 Å². The smallest absolute Gasteiger partial charge is 0.123 e. The van der Waals surface area contributed by atoms with E-state index >= 15 is 0 Å². The Balaban J connectivity index is 1.82. The number of aromatic nitrogens is 1. The second kappa shape index (κ2) is 5.02. The molecule has 2 heterocycles. The SMILES string of the molecule is Fc1ccc2nc(CC3CCCC[N]3)ccc2c1. The summed E-state index contributed by atoms with van der Waals surface area (Å²) >= 11 is 0. The number of fused-ring (bicyclic) bond motifs is 1. The van der Waals surface area contributed by atoms with Gasteiger partial charge in [-0.15, -0.1) is 0 Å². The van der Waals surface area contributed by atoms with Crippen LogP contribution in [0.15, 0.2) is 30.3 Å². The minimum atomic E-state index is -0.209. The van der Waals surface area contributed by atoms with Crippen molar-refractivity contribution in [2.45, 2.75) is 31.7 Å². The predicted octanol–water partition coefficient (Wildman–Crippen LogP) is 3.07. The summed E-state index contributed by atoms with van der Waals surface area (Å²) in [6, 6.07) is 9.09. The second-order valence-corrected chi connectivity index (χ2v) is 4.90. The van der Waals surface area contributed by atoms with Crippen LogP contribution in [0, 0.1) is 5.82 Å². The summed E-state index contributed by atoms with van der Waals surface area (Å²) < 4.78 is 13.1. The molecule has 0 amide bonds. The molecule has 1 unspecified atom stereocenters. The zero-order valence-corrected chi connectivity index (χ0v) is 10.3. The average Bonchev–Trinajstić information content (AvgIpc) is 2.40. The molecule has 0 aliphatic carbocycles. The van der Waals surface area contributed by atoms with Crippen LogP contribution in [0.2, 0.25) is 0 Å². The van der Waals surface area contributed by atoms with Gasteiger partial charge in [-0.05, 0) is 37.1 Å². The highest BCUT2D eigenvalue weighted by atomic mass is 19.1. The first kappa shape index (κ1) is 11.6. The van der Waals surface area contributed by atoms with E-state index in [-0.39, 0.29) is 5.82 Å². The van der Waals surface area contributed by atoms with Crippen molar-refractivity contribution in [3.63, 3.8) is 0 Å². The minimum absolute atomic E-state index is 0.209. The maximum absolute atomic E-state index is 13.1.